The Bertz CT molecular complexity index is 764. The lowest BCUT2D eigenvalue weighted by Gasteiger charge is -2.21. The van der Waals surface area contributed by atoms with Gasteiger partial charge in [0.1, 0.15) is 0 Å². The largest absolute Gasteiger partial charge is 0.344 e. The first-order valence-corrected chi connectivity index (χ1v) is 7.67. The molecule has 2 nitrogen and oxygen atoms in total. The van der Waals surface area contributed by atoms with Crippen molar-refractivity contribution in [1.82, 2.24) is 9.55 Å². The summed E-state index contributed by atoms with van der Waals surface area (Å²) in [6.07, 6.45) is 8.82. The molecule has 20 heavy (non-hydrogen) atoms. The van der Waals surface area contributed by atoms with Crippen molar-refractivity contribution in [2.24, 2.45) is 7.05 Å². The third-order valence-corrected chi connectivity index (χ3v) is 4.84. The van der Waals surface area contributed by atoms with E-state index in [1.54, 1.807) is 0 Å². The minimum absolute atomic E-state index is 0.672. The van der Waals surface area contributed by atoms with E-state index in [4.69, 9.17) is 4.98 Å². The van der Waals surface area contributed by atoms with Gasteiger partial charge in [0, 0.05) is 41.1 Å². The lowest BCUT2D eigenvalue weighted by molar-refractivity contribution is 0.437. The molecule has 0 aliphatic heterocycles. The number of benzene rings is 1. The van der Waals surface area contributed by atoms with E-state index in [0.717, 1.165) is 0 Å². The topological polar surface area (TPSA) is 17.8 Å². The van der Waals surface area contributed by atoms with Gasteiger partial charge in [-0.2, -0.15) is 0 Å². The Morgan fingerprint density at radius 2 is 1.80 bits per heavy atom. The van der Waals surface area contributed by atoms with Crippen LogP contribution in [0.1, 0.15) is 43.7 Å². The summed E-state index contributed by atoms with van der Waals surface area (Å²) >= 11 is 0. The molecule has 0 amide bonds. The summed E-state index contributed by atoms with van der Waals surface area (Å²) in [5.41, 5.74) is 3.91. The predicted octanol–water partition coefficient (Wildman–Crippen LogP) is 4.77. The SMILES string of the molecule is Cn1c2ccccc2c2cnc(C3CCCCC3)cc21. The van der Waals surface area contributed by atoms with Gasteiger partial charge in [-0.3, -0.25) is 4.98 Å². The fourth-order valence-electron chi connectivity index (χ4n) is 3.69. The molecular weight excluding hydrogens is 244 g/mol. The van der Waals surface area contributed by atoms with Gasteiger partial charge in [-0.25, -0.2) is 0 Å². The second-order valence-electron chi connectivity index (χ2n) is 6.04. The minimum atomic E-state index is 0.672. The zero-order chi connectivity index (χ0) is 13.5. The number of fused-ring (bicyclic) bond motifs is 3. The number of rotatable bonds is 1. The normalized spacial score (nSPS) is 17.1. The highest BCUT2D eigenvalue weighted by atomic mass is 14.9. The second-order valence-corrected chi connectivity index (χ2v) is 6.04. The molecule has 1 saturated carbocycles. The van der Waals surface area contributed by atoms with Crippen LogP contribution in [0.15, 0.2) is 36.5 Å². The van der Waals surface area contributed by atoms with E-state index in [-0.39, 0.29) is 0 Å². The minimum Gasteiger partial charge on any atom is -0.344 e. The van der Waals surface area contributed by atoms with Gasteiger partial charge in [0.05, 0.1) is 5.52 Å². The first-order chi connectivity index (χ1) is 9.84. The van der Waals surface area contributed by atoms with E-state index < -0.39 is 0 Å². The Morgan fingerprint density at radius 3 is 2.65 bits per heavy atom. The first-order valence-electron chi connectivity index (χ1n) is 7.67. The van der Waals surface area contributed by atoms with Crippen LogP contribution in [0, 0.1) is 0 Å². The second kappa shape index (κ2) is 4.62. The Kier molecular flexibility index (Phi) is 2.76. The third kappa shape index (κ3) is 1.75. The molecule has 0 bridgehead atoms. The van der Waals surface area contributed by atoms with Crippen LogP contribution in [0.5, 0.6) is 0 Å². The zero-order valence-corrected chi connectivity index (χ0v) is 12.0. The van der Waals surface area contributed by atoms with Gasteiger partial charge in [-0.15, -0.1) is 0 Å². The molecule has 0 atom stereocenters. The van der Waals surface area contributed by atoms with Crippen LogP contribution >= 0.6 is 0 Å². The average molecular weight is 264 g/mol. The highest BCUT2D eigenvalue weighted by Gasteiger charge is 2.18. The van der Waals surface area contributed by atoms with Crippen molar-refractivity contribution in [2.45, 2.75) is 38.0 Å². The molecule has 0 saturated heterocycles. The summed E-state index contributed by atoms with van der Waals surface area (Å²) in [7, 11) is 2.16. The highest BCUT2D eigenvalue weighted by molar-refractivity contribution is 6.07. The van der Waals surface area contributed by atoms with Crippen LogP contribution in [0.2, 0.25) is 0 Å². The van der Waals surface area contributed by atoms with Crippen molar-refractivity contribution in [3.63, 3.8) is 0 Å². The summed E-state index contributed by atoms with van der Waals surface area (Å²) in [4.78, 5) is 4.78. The number of para-hydroxylation sites is 1. The lowest BCUT2D eigenvalue weighted by atomic mass is 9.86. The van der Waals surface area contributed by atoms with Crippen molar-refractivity contribution in [3.05, 3.63) is 42.2 Å². The molecule has 1 fully saturated rings. The average Bonchev–Trinajstić information content (AvgIpc) is 2.81. The van der Waals surface area contributed by atoms with E-state index in [1.165, 1.54) is 59.6 Å². The summed E-state index contributed by atoms with van der Waals surface area (Å²) in [6.45, 7) is 0. The number of nitrogens with zero attached hydrogens (tertiary/aromatic N) is 2. The third-order valence-electron chi connectivity index (χ3n) is 4.84. The first kappa shape index (κ1) is 12.0. The number of pyridine rings is 1. The predicted molar refractivity (Wildman–Crippen MR) is 84.0 cm³/mol. The molecule has 4 rings (SSSR count). The van der Waals surface area contributed by atoms with Crippen molar-refractivity contribution in [1.29, 1.82) is 0 Å². The molecule has 102 valence electrons. The van der Waals surface area contributed by atoms with Crippen molar-refractivity contribution < 1.29 is 0 Å². The Labute approximate surface area is 119 Å². The molecule has 0 spiro atoms. The fraction of sp³-hybridized carbons (Fsp3) is 0.389. The van der Waals surface area contributed by atoms with E-state index >= 15 is 0 Å². The molecule has 0 N–H and O–H groups in total. The molecule has 1 aromatic carbocycles. The molecule has 0 radical (unpaired) electrons. The van der Waals surface area contributed by atoms with Gasteiger partial charge in [0.25, 0.3) is 0 Å². The van der Waals surface area contributed by atoms with Crippen molar-refractivity contribution in [2.75, 3.05) is 0 Å². The summed E-state index contributed by atoms with van der Waals surface area (Å²) in [5.74, 6) is 0.672. The highest BCUT2D eigenvalue weighted by Crippen LogP contribution is 2.34. The molecule has 2 heterocycles. The zero-order valence-electron chi connectivity index (χ0n) is 12.0. The van der Waals surface area contributed by atoms with Gasteiger partial charge in [-0.05, 0) is 25.0 Å². The summed E-state index contributed by atoms with van der Waals surface area (Å²) in [6, 6.07) is 10.9. The van der Waals surface area contributed by atoms with Crippen LogP contribution in [0.3, 0.4) is 0 Å². The molecule has 1 aliphatic rings. The lowest BCUT2D eigenvalue weighted by Crippen LogP contribution is -2.06. The monoisotopic (exact) mass is 264 g/mol. The van der Waals surface area contributed by atoms with Crippen LogP contribution < -0.4 is 0 Å². The maximum atomic E-state index is 4.78. The molecular formula is C18H20N2. The fourth-order valence-corrected chi connectivity index (χ4v) is 3.69. The Hall–Kier alpha value is -1.83. The van der Waals surface area contributed by atoms with Crippen LogP contribution in [0.4, 0.5) is 0 Å². The van der Waals surface area contributed by atoms with Gasteiger partial charge in [0.2, 0.25) is 0 Å². The number of hydrogen-bond donors (Lipinski definition) is 0. The Morgan fingerprint density at radius 1 is 1.00 bits per heavy atom. The maximum absolute atomic E-state index is 4.78. The van der Waals surface area contributed by atoms with Gasteiger partial charge >= 0.3 is 0 Å². The van der Waals surface area contributed by atoms with E-state index in [1.807, 2.05) is 0 Å². The van der Waals surface area contributed by atoms with Crippen LogP contribution in [0.25, 0.3) is 21.8 Å². The van der Waals surface area contributed by atoms with Crippen LogP contribution in [-0.2, 0) is 7.05 Å². The van der Waals surface area contributed by atoms with E-state index in [2.05, 4.69) is 48.1 Å². The van der Waals surface area contributed by atoms with Crippen LogP contribution in [-0.4, -0.2) is 9.55 Å². The maximum Gasteiger partial charge on any atom is 0.0522 e. The smallest absolute Gasteiger partial charge is 0.0522 e. The molecule has 2 heteroatoms. The number of aryl methyl sites for hydroxylation is 1. The summed E-state index contributed by atoms with van der Waals surface area (Å²) in [5, 5.41) is 2.59. The number of hydrogen-bond acceptors (Lipinski definition) is 1. The van der Waals surface area contributed by atoms with Gasteiger partial charge in [0.15, 0.2) is 0 Å². The number of aromatic nitrogens is 2. The quantitative estimate of drug-likeness (QED) is 0.619. The van der Waals surface area contributed by atoms with Gasteiger partial charge in [-0.1, -0.05) is 37.5 Å². The van der Waals surface area contributed by atoms with E-state index in [0.29, 0.717) is 5.92 Å². The van der Waals surface area contributed by atoms with Gasteiger partial charge < -0.3 is 4.57 Å². The van der Waals surface area contributed by atoms with E-state index in [9.17, 15) is 0 Å². The molecule has 1 aliphatic carbocycles. The van der Waals surface area contributed by atoms with Crippen molar-refractivity contribution in [3.8, 4) is 0 Å². The Balaban J connectivity index is 1.90. The standard InChI is InChI=1S/C18H20N2/c1-20-17-10-6-5-9-14(17)15-12-19-16(11-18(15)20)13-7-3-2-4-8-13/h5-6,9-13H,2-4,7-8H2,1H3. The summed E-state index contributed by atoms with van der Waals surface area (Å²) < 4.78 is 2.30. The molecule has 0 unspecified atom stereocenters. The molecule has 2 aromatic heterocycles. The van der Waals surface area contributed by atoms with Crippen molar-refractivity contribution >= 4 is 21.8 Å². The molecule has 3 aromatic rings.